The maximum atomic E-state index is 3.46. The number of rotatable bonds is 3. The molecule has 0 spiro atoms. The smallest absolute Gasteiger partial charge is 0.0457 e. The molecule has 1 aliphatic heterocycles. The molecule has 0 bridgehead atoms. The van der Waals surface area contributed by atoms with Gasteiger partial charge in [-0.15, -0.1) is 24.8 Å². The molecule has 0 radical (unpaired) electrons. The van der Waals surface area contributed by atoms with Gasteiger partial charge in [-0.05, 0) is 41.8 Å². The van der Waals surface area contributed by atoms with E-state index in [0.717, 1.165) is 19.0 Å². The van der Waals surface area contributed by atoms with Gasteiger partial charge < -0.3 is 10.3 Å². The monoisotopic (exact) mass is 327 g/mol. The molecule has 4 rings (SSSR count). The second-order valence-corrected chi connectivity index (χ2v) is 5.89. The Morgan fingerprint density at radius 1 is 1.05 bits per heavy atom. The molecule has 2 N–H and O–H groups in total. The van der Waals surface area contributed by atoms with Gasteiger partial charge in [-0.25, -0.2) is 0 Å². The van der Waals surface area contributed by atoms with Crippen molar-refractivity contribution in [1.82, 2.24) is 15.2 Å². The summed E-state index contributed by atoms with van der Waals surface area (Å²) >= 11 is 0. The van der Waals surface area contributed by atoms with Crippen LogP contribution in [0, 0.1) is 5.92 Å². The minimum Gasteiger partial charge on any atom is -0.361 e. The molecule has 3 nitrogen and oxygen atoms in total. The SMILES string of the molecule is Cl.Cl.c1cc2ccc([C@H](C3CC3)N3CCNCC3)cc2[nH]1. The first-order valence-corrected chi connectivity index (χ1v) is 7.43. The van der Waals surface area contributed by atoms with Crippen molar-refractivity contribution in [2.24, 2.45) is 5.92 Å². The highest BCUT2D eigenvalue weighted by molar-refractivity contribution is 5.85. The highest BCUT2D eigenvalue weighted by Crippen LogP contribution is 2.45. The van der Waals surface area contributed by atoms with Gasteiger partial charge in [0, 0.05) is 43.9 Å². The molecule has 1 aliphatic carbocycles. The summed E-state index contributed by atoms with van der Waals surface area (Å²) in [5, 5.41) is 4.78. The first-order valence-electron chi connectivity index (χ1n) is 7.43. The lowest BCUT2D eigenvalue weighted by molar-refractivity contribution is 0.156. The van der Waals surface area contributed by atoms with E-state index in [2.05, 4.69) is 39.5 Å². The van der Waals surface area contributed by atoms with E-state index >= 15 is 0 Å². The largest absolute Gasteiger partial charge is 0.361 e. The normalized spacial score (nSPS) is 20.6. The van der Waals surface area contributed by atoms with Crippen LogP contribution in [0.25, 0.3) is 10.9 Å². The predicted molar refractivity (Wildman–Crippen MR) is 92.7 cm³/mol. The Balaban J connectivity index is 0.000000807. The molecule has 1 aromatic carbocycles. The number of piperazine rings is 1. The van der Waals surface area contributed by atoms with Gasteiger partial charge in [0.25, 0.3) is 0 Å². The zero-order valence-electron chi connectivity index (χ0n) is 12.0. The summed E-state index contributed by atoms with van der Waals surface area (Å²) < 4.78 is 0. The second-order valence-electron chi connectivity index (χ2n) is 5.89. The minimum atomic E-state index is 0. The van der Waals surface area contributed by atoms with Crippen LogP contribution in [0.5, 0.6) is 0 Å². The van der Waals surface area contributed by atoms with Crippen LogP contribution in [0.4, 0.5) is 0 Å². The number of hydrogen-bond acceptors (Lipinski definition) is 2. The van der Waals surface area contributed by atoms with Gasteiger partial charge in [0.15, 0.2) is 0 Å². The maximum Gasteiger partial charge on any atom is 0.0457 e. The van der Waals surface area contributed by atoms with E-state index in [0.29, 0.717) is 6.04 Å². The molecule has 0 unspecified atom stereocenters. The van der Waals surface area contributed by atoms with Crippen molar-refractivity contribution in [3.63, 3.8) is 0 Å². The number of H-pyrrole nitrogens is 1. The van der Waals surface area contributed by atoms with Crippen LogP contribution in [0.2, 0.25) is 0 Å². The Labute approximate surface area is 138 Å². The summed E-state index contributed by atoms with van der Waals surface area (Å²) in [5.74, 6) is 0.880. The predicted octanol–water partition coefficient (Wildman–Crippen LogP) is 3.37. The molecule has 1 aromatic heterocycles. The number of hydrogen-bond donors (Lipinski definition) is 2. The topological polar surface area (TPSA) is 31.1 Å². The van der Waals surface area contributed by atoms with Crippen LogP contribution in [-0.2, 0) is 0 Å². The Kier molecular flexibility index (Phi) is 5.55. The average Bonchev–Trinajstić information content (AvgIpc) is 3.17. The molecule has 2 aliphatic rings. The van der Waals surface area contributed by atoms with Gasteiger partial charge in [0.1, 0.15) is 0 Å². The molecule has 1 saturated carbocycles. The standard InChI is InChI=1S/C16H21N3.2ClH/c1-4-14(11-15-12(1)5-6-18-15)16(13-2-3-13)19-9-7-17-8-10-19;;/h1,4-6,11,13,16-18H,2-3,7-10H2;2*1H/t16-;;/m0../s1. The number of nitrogens with zero attached hydrogens (tertiary/aromatic N) is 1. The van der Waals surface area contributed by atoms with E-state index in [4.69, 9.17) is 0 Å². The van der Waals surface area contributed by atoms with Crippen molar-refractivity contribution in [2.75, 3.05) is 26.2 Å². The molecule has 2 fully saturated rings. The highest BCUT2D eigenvalue weighted by atomic mass is 35.5. The van der Waals surface area contributed by atoms with E-state index in [1.54, 1.807) is 0 Å². The summed E-state index contributed by atoms with van der Waals surface area (Å²) in [7, 11) is 0. The molecule has 0 amide bonds. The lowest BCUT2D eigenvalue weighted by Gasteiger charge is -2.35. The van der Waals surface area contributed by atoms with Crippen molar-refractivity contribution in [2.45, 2.75) is 18.9 Å². The molecular formula is C16H23Cl2N3. The fourth-order valence-corrected chi connectivity index (χ4v) is 3.40. The summed E-state index contributed by atoms with van der Waals surface area (Å²) in [6, 6.07) is 9.74. The third kappa shape index (κ3) is 3.37. The summed E-state index contributed by atoms with van der Waals surface area (Å²) in [4.78, 5) is 6.03. The second kappa shape index (κ2) is 7.01. The first kappa shape index (κ1) is 16.6. The van der Waals surface area contributed by atoms with E-state index in [-0.39, 0.29) is 24.8 Å². The van der Waals surface area contributed by atoms with Crippen LogP contribution in [-0.4, -0.2) is 36.1 Å². The highest BCUT2D eigenvalue weighted by Gasteiger charge is 2.36. The third-order valence-electron chi connectivity index (χ3n) is 4.53. The fraction of sp³-hybridized carbons (Fsp3) is 0.500. The number of aromatic nitrogens is 1. The molecule has 2 aromatic rings. The minimum absolute atomic E-state index is 0. The van der Waals surface area contributed by atoms with Crippen LogP contribution in [0.3, 0.4) is 0 Å². The van der Waals surface area contributed by atoms with Crippen molar-refractivity contribution >= 4 is 35.7 Å². The maximum absolute atomic E-state index is 3.46. The molecular weight excluding hydrogens is 305 g/mol. The number of nitrogens with one attached hydrogen (secondary N) is 2. The van der Waals surface area contributed by atoms with Crippen LogP contribution >= 0.6 is 24.8 Å². The lowest BCUT2D eigenvalue weighted by atomic mass is 9.99. The van der Waals surface area contributed by atoms with Gasteiger partial charge in [-0.1, -0.05) is 12.1 Å². The Morgan fingerprint density at radius 3 is 2.52 bits per heavy atom. The van der Waals surface area contributed by atoms with Crippen molar-refractivity contribution in [3.8, 4) is 0 Å². The zero-order valence-corrected chi connectivity index (χ0v) is 13.7. The van der Waals surface area contributed by atoms with Crippen molar-refractivity contribution in [1.29, 1.82) is 0 Å². The molecule has 2 heterocycles. The van der Waals surface area contributed by atoms with Gasteiger partial charge in [0.05, 0.1) is 0 Å². The van der Waals surface area contributed by atoms with Gasteiger partial charge in [0.2, 0.25) is 0 Å². The van der Waals surface area contributed by atoms with Crippen molar-refractivity contribution in [3.05, 3.63) is 36.0 Å². The zero-order chi connectivity index (χ0) is 12.7. The number of benzene rings is 1. The van der Waals surface area contributed by atoms with Crippen LogP contribution in [0.15, 0.2) is 30.5 Å². The average molecular weight is 328 g/mol. The summed E-state index contributed by atoms with van der Waals surface area (Å²) in [6.07, 6.45) is 4.83. The molecule has 5 heteroatoms. The Bertz CT molecular complexity index is 574. The third-order valence-corrected chi connectivity index (χ3v) is 4.53. The number of halogens is 2. The number of fused-ring (bicyclic) bond motifs is 1. The lowest BCUT2D eigenvalue weighted by Crippen LogP contribution is -2.45. The number of aromatic amines is 1. The fourth-order valence-electron chi connectivity index (χ4n) is 3.40. The molecule has 1 saturated heterocycles. The molecule has 1 atom stereocenters. The van der Waals surface area contributed by atoms with Gasteiger partial charge >= 0.3 is 0 Å². The van der Waals surface area contributed by atoms with Crippen molar-refractivity contribution < 1.29 is 0 Å². The van der Waals surface area contributed by atoms with E-state index in [1.165, 1.54) is 42.4 Å². The Hall–Kier alpha value is -0.740. The summed E-state index contributed by atoms with van der Waals surface area (Å²) in [6.45, 7) is 4.63. The first-order chi connectivity index (χ1) is 9.42. The van der Waals surface area contributed by atoms with E-state index in [9.17, 15) is 0 Å². The van der Waals surface area contributed by atoms with E-state index < -0.39 is 0 Å². The van der Waals surface area contributed by atoms with Crippen LogP contribution in [0.1, 0.15) is 24.4 Å². The quantitative estimate of drug-likeness (QED) is 0.905. The molecule has 21 heavy (non-hydrogen) atoms. The van der Waals surface area contributed by atoms with Crippen LogP contribution < -0.4 is 5.32 Å². The molecule has 116 valence electrons. The summed E-state index contributed by atoms with van der Waals surface area (Å²) in [5.41, 5.74) is 2.78. The van der Waals surface area contributed by atoms with Gasteiger partial charge in [-0.2, -0.15) is 0 Å². The van der Waals surface area contributed by atoms with E-state index in [1.807, 2.05) is 6.20 Å². The Morgan fingerprint density at radius 2 is 1.81 bits per heavy atom. The van der Waals surface area contributed by atoms with Gasteiger partial charge in [-0.3, -0.25) is 4.90 Å².